The third-order valence-electron chi connectivity index (χ3n) is 5.03. The van der Waals surface area contributed by atoms with E-state index in [2.05, 4.69) is 5.43 Å². The average Bonchev–Trinajstić information content (AvgIpc) is 2.90. The first-order valence-electron chi connectivity index (χ1n) is 7.99. The molecule has 1 saturated heterocycles. The Morgan fingerprint density at radius 1 is 1.18 bits per heavy atom. The molecule has 4 rings (SSSR count). The number of hydrogen-bond acceptors (Lipinski definition) is 3. The van der Waals surface area contributed by atoms with Crippen molar-refractivity contribution < 1.29 is 9.18 Å². The van der Waals surface area contributed by atoms with Gasteiger partial charge in [0.05, 0.1) is 6.04 Å². The van der Waals surface area contributed by atoms with Crippen molar-refractivity contribution in [1.29, 1.82) is 0 Å². The molecule has 3 aliphatic rings. The van der Waals surface area contributed by atoms with Gasteiger partial charge in [-0.1, -0.05) is 18.6 Å². The molecular formula is C17H20FN3O. The highest BCUT2D eigenvalue weighted by Gasteiger charge is 2.40. The minimum absolute atomic E-state index is 0.0582. The molecule has 1 aromatic rings. The molecule has 22 heavy (non-hydrogen) atoms. The fourth-order valence-corrected chi connectivity index (χ4v) is 3.45. The van der Waals surface area contributed by atoms with Crippen LogP contribution in [0.3, 0.4) is 0 Å². The lowest BCUT2D eigenvalue weighted by Gasteiger charge is -2.36. The minimum Gasteiger partial charge on any atom is -0.315 e. The minimum atomic E-state index is -0.234. The molecule has 0 bridgehead atoms. The Labute approximate surface area is 129 Å². The van der Waals surface area contributed by atoms with Crippen molar-refractivity contribution in [3.8, 4) is 0 Å². The van der Waals surface area contributed by atoms with Gasteiger partial charge in [-0.15, -0.1) is 0 Å². The van der Waals surface area contributed by atoms with Crippen molar-refractivity contribution >= 4 is 5.91 Å². The van der Waals surface area contributed by atoms with Gasteiger partial charge in [-0.05, 0) is 42.9 Å². The van der Waals surface area contributed by atoms with Crippen LogP contribution in [0.5, 0.6) is 0 Å². The summed E-state index contributed by atoms with van der Waals surface area (Å²) in [6.07, 6.45) is 8.33. The molecule has 1 aromatic carbocycles. The number of benzene rings is 1. The molecule has 2 atom stereocenters. The van der Waals surface area contributed by atoms with E-state index in [4.69, 9.17) is 0 Å². The molecule has 2 unspecified atom stereocenters. The van der Waals surface area contributed by atoms with Gasteiger partial charge < -0.3 is 9.91 Å². The number of carbonyl (C=O) groups excluding carboxylic acids is 1. The van der Waals surface area contributed by atoms with Gasteiger partial charge in [-0.2, -0.15) is 0 Å². The molecule has 2 aliphatic heterocycles. The predicted molar refractivity (Wildman–Crippen MR) is 80.7 cm³/mol. The van der Waals surface area contributed by atoms with Crippen LogP contribution in [0.15, 0.2) is 36.7 Å². The Balaban J connectivity index is 1.46. The van der Waals surface area contributed by atoms with E-state index in [0.29, 0.717) is 5.92 Å². The molecule has 1 N–H and O–H groups in total. The largest absolute Gasteiger partial charge is 0.315 e. The molecule has 1 saturated carbocycles. The number of nitrogens with one attached hydrogen (secondary N) is 1. The third kappa shape index (κ3) is 2.39. The van der Waals surface area contributed by atoms with E-state index in [1.165, 1.54) is 31.4 Å². The summed E-state index contributed by atoms with van der Waals surface area (Å²) in [5, 5.41) is 1.90. The van der Waals surface area contributed by atoms with Crippen molar-refractivity contribution in [2.45, 2.75) is 37.8 Å². The lowest BCUT2D eigenvalue weighted by molar-refractivity contribution is -0.135. The summed E-state index contributed by atoms with van der Waals surface area (Å²) in [4.78, 5) is 14.5. The van der Waals surface area contributed by atoms with Gasteiger partial charge in [-0.25, -0.2) is 9.82 Å². The normalized spacial score (nSPS) is 28.0. The van der Waals surface area contributed by atoms with Crippen molar-refractivity contribution in [3.63, 3.8) is 0 Å². The van der Waals surface area contributed by atoms with Gasteiger partial charge >= 0.3 is 0 Å². The van der Waals surface area contributed by atoms with E-state index < -0.39 is 0 Å². The van der Waals surface area contributed by atoms with Crippen LogP contribution in [0, 0.1) is 11.7 Å². The van der Waals surface area contributed by atoms with Gasteiger partial charge in [0.15, 0.2) is 0 Å². The standard InChI is InChI=1S/C17H20FN3O/c18-14-6-4-13(5-7-14)15-10-16-17(22)20(8-9-21(16)19-15)11-12-2-1-3-12/h4-9,12,15-16,19H,1-3,10-11H2. The molecule has 1 aliphatic carbocycles. The number of hydrogen-bond donors (Lipinski definition) is 1. The molecule has 2 heterocycles. The molecule has 4 nitrogen and oxygen atoms in total. The first kappa shape index (κ1) is 13.8. The van der Waals surface area contributed by atoms with Crippen LogP contribution in [-0.2, 0) is 4.79 Å². The topological polar surface area (TPSA) is 35.6 Å². The van der Waals surface area contributed by atoms with E-state index in [-0.39, 0.29) is 23.8 Å². The summed E-state index contributed by atoms with van der Waals surface area (Å²) >= 11 is 0. The van der Waals surface area contributed by atoms with Crippen molar-refractivity contribution in [1.82, 2.24) is 15.3 Å². The second-order valence-corrected chi connectivity index (χ2v) is 6.48. The third-order valence-corrected chi connectivity index (χ3v) is 5.03. The summed E-state index contributed by atoms with van der Waals surface area (Å²) in [6.45, 7) is 0.848. The summed E-state index contributed by atoms with van der Waals surface area (Å²) in [5.41, 5.74) is 4.35. The summed E-state index contributed by atoms with van der Waals surface area (Å²) in [5.74, 6) is 0.607. The molecule has 1 amide bonds. The second kappa shape index (κ2) is 5.39. The molecular weight excluding hydrogens is 281 g/mol. The predicted octanol–water partition coefficient (Wildman–Crippen LogP) is 2.56. The Bertz CT molecular complexity index is 596. The van der Waals surface area contributed by atoms with E-state index in [0.717, 1.165) is 18.5 Å². The lowest BCUT2D eigenvalue weighted by Crippen LogP contribution is -2.49. The first-order chi connectivity index (χ1) is 10.7. The maximum atomic E-state index is 13.0. The zero-order valence-corrected chi connectivity index (χ0v) is 12.4. The van der Waals surface area contributed by atoms with E-state index in [1.807, 2.05) is 22.3 Å². The summed E-state index contributed by atoms with van der Waals surface area (Å²) < 4.78 is 13.0. The monoisotopic (exact) mass is 301 g/mol. The molecule has 0 spiro atoms. The highest BCUT2D eigenvalue weighted by atomic mass is 19.1. The Hall–Kier alpha value is -1.88. The first-order valence-corrected chi connectivity index (χ1v) is 7.99. The van der Waals surface area contributed by atoms with Crippen molar-refractivity contribution in [3.05, 3.63) is 48.0 Å². The van der Waals surface area contributed by atoms with Crippen LogP contribution in [0.2, 0.25) is 0 Å². The maximum Gasteiger partial charge on any atom is 0.250 e. The quantitative estimate of drug-likeness (QED) is 0.932. The van der Waals surface area contributed by atoms with E-state index in [9.17, 15) is 9.18 Å². The number of hydrazine groups is 1. The molecule has 5 heteroatoms. The van der Waals surface area contributed by atoms with Crippen LogP contribution in [0.1, 0.15) is 37.3 Å². The summed E-state index contributed by atoms with van der Waals surface area (Å²) in [6, 6.07) is 6.41. The van der Waals surface area contributed by atoms with Crippen LogP contribution < -0.4 is 5.43 Å². The molecule has 116 valence electrons. The number of carbonyl (C=O) groups is 1. The number of halogens is 1. The zero-order chi connectivity index (χ0) is 15.1. The Kier molecular flexibility index (Phi) is 3.37. The van der Waals surface area contributed by atoms with Crippen LogP contribution in [0.4, 0.5) is 4.39 Å². The highest BCUT2D eigenvalue weighted by Crippen LogP contribution is 2.33. The maximum absolute atomic E-state index is 13.0. The van der Waals surface area contributed by atoms with Gasteiger partial charge in [-0.3, -0.25) is 4.79 Å². The number of fused-ring (bicyclic) bond motifs is 1. The molecule has 2 fully saturated rings. The van der Waals surface area contributed by atoms with Gasteiger partial charge in [0.2, 0.25) is 0 Å². The van der Waals surface area contributed by atoms with E-state index in [1.54, 1.807) is 12.1 Å². The summed E-state index contributed by atoms with van der Waals surface area (Å²) in [7, 11) is 0. The van der Waals surface area contributed by atoms with Crippen LogP contribution in [-0.4, -0.2) is 28.4 Å². The van der Waals surface area contributed by atoms with Gasteiger partial charge in [0, 0.05) is 18.9 Å². The highest BCUT2D eigenvalue weighted by molar-refractivity contribution is 5.84. The zero-order valence-electron chi connectivity index (χ0n) is 12.4. The van der Waals surface area contributed by atoms with Crippen LogP contribution in [0.25, 0.3) is 0 Å². The van der Waals surface area contributed by atoms with Gasteiger partial charge in [0.25, 0.3) is 5.91 Å². The van der Waals surface area contributed by atoms with Crippen LogP contribution >= 0.6 is 0 Å². The smallest absolute Gasteiger partial charge is 0.250 e. The second-order valence-electron chi connectivity index (χ2n) is 6.48. The molecule has 0 radical (unpaired) electrons. The Morgan fingerprint density at radius 3 is 2.64 bits per heavy atom. The number of amides is 1. The fraction of sp³-hybridized carbons (Fsp3) is 0.471. The average molecular weight is 301 g/mol. The van der Waals surface area contributed by atoms with Gasteiger partial charge in [0.1, 0.15) is 11.9 Å². The Morgan fingerprint density at radius 2 is 1.95 bits per heavy atom. The number of rotatable bonds is 3. The van der Waals surface area contributed by atoms with E-state index >= 15 is 0 Å². The fourth-order valence-electron chi connectivity index (χ4n) is 3.45. The molecule has 0 aromatic heterocycles. The van der Waals surface area contributed by atoms with Crippen molar-refractivity contribution in [2.24, 2.45) is 5.92 Å². The van der Waals surface area contributed by atoms with Crippen molar-refractivity contribution in [2.75, 3.05) is 6.54 Å². The SMILES string of the molecule is O=C1C2CC(c3ccc(F)cc3)NN2C=CN1CC1CCC1. The lowest BCUT2D eigenvalue weighted by atomic mass is 9.85. The number of nitrogens with zero attached hydrogens (tertiary/aromatic N) is 2.